The predicted octanol–water partition coefficient (Wildman–Crippen LogP) is 6.74. The van der Waals surface area contributed by atoms with Crippen LogP contribution in [0.1, 0.15) is 25.5 Å². The van der Waals surface area contributed by atoms with E-state index in [0.717, 1.165) is 29.4 Å². The maximum atomic E-state index is 6.04. The van der Waals surface area contributed by atoms with E-state index in [1.807, 2.05) is 54.6 Å². The van der Waals surface area contributed by atoms with Gasteiger partial charge in [0.15, 0.2) is 5.75 Å². The zero-order chi connectivity index (χ0) is 18.4. The monoisotopic (exact) mass is 366 g/mol. The molecular weight excluding hydrogens is 344 g/mol. The molecule has 0 radical (unpaired) electrons. The summed E-state index contributed by atoms with van der Waals surface area (Å²) in [6, 6.07) is 23.8. The van der Waals surface area contributed by atoms with Crippen molar-refractivity contribution in [3.8, 4) is 11.5 Å². The molecule has 1 unspecified atom stereocenters. The van der Waals surface area contributed by atoms with Gasteiger partial charge in [0.2, 0.25) is 0 Å². The van der Waals surface area contributed by atoms with Crippen LogP contribution >= 0.6 is 11.6 Å². The Labute approximate surface area is 160 Å². The number of rotatable bonds is 7. The second-order valence-corrected chi connectivity index (χ2v) is 6.47. The summed E-state index contributed by atoms with van der Waals surface area (Å²) in [5, 5.41) is 7.68. The third-order valence-corrected chi connectivity index (χ3v) is 4.35. The van der Waals surface area contributed by atoms with Crippen LogP contribution in [0.4, 0.5) is 11.4 Å². The molecule has 134 valence electrons. The van der Waals surface area contributed by atoms with E-state index in [2.05, 4.69) is 42.7 Å². The van der Waals surface area contributed by atoms with Gasteiger partial charge in [0.05, 0.1) is 11.7 Å². The summed E-state index contributed by atoms with van der Waals surface area (Å²) in [7, 11) is 0. The fourth-order valence-electron chi connectivity index (χ4n) is 2.84. The quantitative estimate of drug-likeness (QED) is 0.486. The Morgan fingerprint density at radius 1 is 0.885 bits per heavy atom. The number of halogens is 1. The molecule has 3 aromatic carbocycles. The van der Waals surface area contributed by atoms with Gasteiger partial charge in [-0.3, -0.25) is 0 Å². The molecule has 0 saturated carbocycles. The summed E-state index contributed by atoms with van der Waals surface area (Å²) in [6.07, 6.45) is 0. The molecule has 0 aliphatic rings. The lowest BCUT2D eigenvalue weighted by Gasteiger charge is -2.21. The highest BCUT2D eigenvalue weighted by Gasteiger charge is 2.12. The third kappa shape index (κ3) is 4.50. The van der Waals surface area contributed by atoms with Gasteiger partial charge in [0.25, 0.3) is 0 Å². The number of ether oxygens (including phenoxy) is 1. The van der Waals surface area contributed by atoms with Gasteiger partial charge in [0.1, 0.15) is 5.75 Å². The Bertz CT molecular complexity index is 849. The number of para-hydroxylation sites is 3. The first-order valence-electron chi connectivity index (χ1n) is 8.79. The number of benzene rings is 3. The lowest BCUT2D eigenvalue weighted by molar-refractivity contribution is 0.484. The molecule has 4 heteroatoms. The summed E-state index contributed by atoms with van der Waals surface area (Å²) in [4.78, 5) is 0. The fraction of sp³-hybridized carbons (Fsp3) is 0.182. The van der Waals surface area contributed by atoms with Crippen LogP contribution in [-0.2, 0) is 0 Å². The summed E-state index contributed by atoms with van der Waals surface area (Å²) in [5.74, 6) is 1.53. The molecule has 0 amide bonds. The van der Waals surface area contributed by atoms with Crippen molar-refractivity contribution >= 4 is 23.0 Å². The molecule has 2 N–H and O–H groups in total. The number of nitrogens with one attached hydrogen (secondary N) is 2. The lowest BCUT2D eigenvalue weighted by atomic mass is 10.1. The predicted molar refractivity (Wildman–Crippen MR) is 111 cm³/mol. The zero-order valence-corrected chi connectivity index (χ0v) is 15.8. The molecule has 0 aliphatic heterocycles. The fourth-order valence-corrected chi connectivity index (χ4v) is 2.97. The van der Waals surface area contributed by atoms with E-state index < -0.39 is 0 Å². The van der Waals surface area contributed by atoms with Crippen LogP contribution in [0.2, 0.25) is 5.02 Å². The summed E-state index contributed by atoms with van der Waals surface area (Å²) >= 11 is 5.95. The number of anilines is 2. The van der Waals surface area contributed by atoms with Gasteiger partial charge < -0.3 is 15.4 Å². The van der Waals surface area contributed by atoms with Crippen LogP contribution in [-0.4, -0.2) is 6.54 Å². The summed E-state index contributed by atoms with van der Waals surface area (Å²) < 4.78 is 6.04. The van der Waals surface area contributed by atoms with Crippen molar-refractivity contribution in [1.29, 1.82) is 0 Å². The van der Waals surface area contributed by atoms with Gasteiger partial charge in [-0.1, -0.05) is 41.9 Å². The molecule has 0 aliphatic carbocycles. The number of hydrogen-bond donors (Lipinski definition) is 2. The topological polar surface area (TPSA) is 33.3 Å². The third-order valence-electron chi connectivity index (χ3n) is 4.10. The van der Waals surface area contributed by atoms with E-state index in [9.17, 15) is 0 Å². The average molecular weight is 367 g/mol. The van der Waals surface area contributed by atoms with Crippen LogP contribution in [0.25, 0.3) is 0 Å². The van der Waals surface area contributed by atoms with Crippen molar-refractivity contribution in [3.05, 3.63) is 83.4 Å². The minimum Gasteiger partial charge on any atom is -0.455 e. The molecule has 0 aromatic heterocycles. The van der Waals surface area contributed by atoms with E-state index in [0.29, 0.717) is 5.02 Å². The highest BCUT2D eigenvalue weighted by Crippen LogP contribution is 2.33. The normalized spacial score (nSPS) is 11.7. The molecule has 3 rings (SSSR count). The SMILES string of the molecule is CCNc1ccccc1C(C)Nc1ccccc1Oc1ccc(Cl)cc1. The highest BCUT2D eigenvalue weighted by molar-refractivity contribution is 6.30. The molecule has 0 fully saturated rings. The van der Waals surface area contributed by atoms with Crippen molar-refractivity contribution in [2.45, 2.75) is 19.9 Å². The molecule has 3 aromatic rings. The van der Waals surface area contributed by atoms with E-state index in [4.69, 9.17) is 16.3 Å². The smallest absolute Gasteiger partial charge is 0.150 e. The van der Waals surface area contributed by atoms with Gasteiger partial charge in [-0.15, -0.1) is 0 Å². The van der Waals surface area contributed by atoms with Crippen molar-refractivity contribution in [2.75, 3.05) is 17.2 Å². The van der Waals surface area contributed by atoms with Crippen LogP contribution in [0.15, 0.2) is 72.8 Å². The first-order chi connectivity index (χ1) is 12.7. The van der Waals surface area contributed by atoms with Crippen LogP contribution < -0.4 is 15.4 Å². The average Bonchev–Trinajstić information content (AvgIpc) is 2.66. The van der Waals surface area contributed by atoms with Gasteiger partial charge in [-0.2, -0.15) is 0 Å². The standard InChI is InChI=1S/C22H23ClN2O/c1-3-24-20-9-5-4-8-19(20)16(2)25-21-10-6-7-11-22(21)26-18-14-12-17(23)13-15-18/h4-16,24-25H,3H2,1-2H3. The Hall–Kier alpha value is -2.65. The second-order valence-electron chi connectivity index (χ2n) is 6.04. The van der Waals surface area contributed by atoms with Crippen molar-refractivity contribution < 1.29 is 4.74 Å². The van der Waals surface area contributed by atoms with Crippen molar-refractivity contribution in [3.63, 3.8) is 0 Å². The largest absolute Gasteiger partial charge is 0.455 e. The Kier molecular flexibility index (Phi) is 6.03. The van der Waals surface area contributed by atoms with Crippen molar-refractivity contribution in [2.24, 2.45) is 0 Å². The Morgan fingerprint density at radius 3 is 2.27 bits per heavy atom. The molecule has 0 spiro atoms. The second kappa shape index (κ2) is 8.63. The molecule has 0 bridgehead atoms. The summed E-state index contributed by atoms with van der Waals surface area (Å²) in [6.45, 7) is 5.14. The molecular formula is C22H23ClN2O. The van der Waals surface area contributed by atoms with E-state index in [-0.39, 0.29) is 6.04 Å². The van der Waals surface area contributed by atoms with Crippen LogP contribution in [0, 0.1) is 0 Å². The van der Waals surface area contributed by atoms with Crippen LogP contribution in [0.3, 0.4) is 0 Å². The van der Waals surface area contributed by atoms with Gasteiger partial charge in [-0.05, 0) is 61.9 Å². The Morgan fingerprint density at radius 2 is 1.54 bits per heavy atom. The zero-order valence-electron chi connectivity index (χ0n) is 15.0. The lowest BCUT2D eigenvalue weighted by Crippen LogP contribution is -2.11. The summed E-state index contributed by atoms with van der Waals surface area (Å²) in [5.41, 5.74) is 3.31. The van der Waals surface area contributed by atoms with E-state index >= 15 is 0 Å². The minimum absolute atomic E-state index is 0.125. The molecule has 1 atom stereocenters. The van der Waals surface area contributed by atoms with Crippen molar-refractivity contribution in [1.82, 2.24) is 0 Å². The molecule has 0 heterocycles. The highest BCUT2D eigenvalue weighted by atomic mass is 35.5. The van der Waals surface area contributed by atoms with Gasteiger partial charge in [0, 0.05) is 17.3 Å². The number of hydrogen-bond acceptors (Lipinski definition) is 3. The van der Waals surface area contributed by atoms with Gasteiger partial charge >= 0.3 is 0 Å². The van der Waals surface area contributed by atoms with E-state index in [1.165, 1.54) is 5.56 Å². The van der Waals surface area contributed by atoms with E-state index in [1.54, 1.807) is 0 Å². The molecule has 26 heavy (non-hydrogen) atoms. The minimum atomic E-state index is 0.125. The maximum Gasteiger partial charge on any atom is 0.150 e. The first kappa shape index (κ1) is 18.2. The first-order valence-corrected chi connectivity index (χ1v) is 9.17. The van der Waals surface area contributed by atoms with Gasteiger partial charge in [-0.25, -0.2) is 0 Å². The maximum absolute atomic E-state index is 6.04. The van der Waals surface area contributed by atoms with Crippen LogP contribution in [0.5, 0.6) is 11.5 Å². The molecule has 0 saturated heterocycles. The Balaban J connectivity index is 1.81. The molecule has 3 nitrogen and oxygen atoms in total.